The zero-order chi connectivity index (χ0) is 32.4. The van der Waals surface area contributed by atoms with E-state index in [9.17, 15) is 39.5 Å². The minimum Gasteiger partial charge on any atom is -0.494 e. The Bertz CT molecular complexity index is 1050. The standard InChI is InChI=1S/C31H41F9O4/c1-27-14-13-23-22-10-8-21(42-16-5-3-2-4-15-41)19-20(22)7-9-24(23)25(27)11-12-26(27)43-17-6-18-44-28(29(32,33)34,30(35,36)37)31(38,39)40/h8,10,19,23-26,41H,2-7,9,11-18H2,1H3/t23-,24-,25+,26+,27+/m1/s1. The molecule has 0 aromatic heterocycles. The van der Waals surface area contributed by atoms with Crippen molar-refractivity contribution >= 4 is 0 Å². The number of hydrogen-bond acceptors (Lipinski definition) is 4. The van der Waals surface area contributed by atoms with Crippen molar-refractivity contribution in [2.24, 2.45) is 17.3 Å². The summed E-state index contributed by atoms with van der Waals surface area (Å²) in [6.07, 6.45) is -12.2. The van der Waals surface area contributed by atoms with Gasteiger partial charge < -0.3 is 19.3 Å². The van der Waals surface area contributed by atoms with Crippen LogP contribution >= 0.6 is 0 Å². The minimum absolute atomic E-state index is 0.203. The van der Waals surface area contributed by atoms with Gasteiger partial charge in [0.25, 0.3) is 0 Å². The van der Waals surface area contributed by atoms with Gasteiger partial charge >= 0.3 is 24.1 Å². The van der Waals surface area contributed by atoms with E-state index in [4.69, 9.17) is 14.6 Å². The molecule has 2 saturated carbocycles. The summed E-state index contributed by atoms with van der Waals surface area (Å²) in [7, 11) is 0. The predicted octanol–water partition coefficient (Wildman–Crippen LogP) is 8.69. The summed E-state index contributed by atoms with van der Waals surface area (Å²) in [5.41, 5.74) is -3.89. The smallest absolute Gasteiger partial charge is 0.435 e. The number of aliphatic hydroxyl groups is 1. The first-order valence-electron chi connectivity index (χ1n) is 15.4. The van der Waals surface area contributed by atoms with E-state index >= 15 is 0 Å². The first kappa shape index (κ1) is 35.1. The van der Waals surface area contributed by atoms with Crippen molar-refractivity contribution in [1.82, 2.24) is 0 Å². The molecule has 4 rings (SSSR count). The molecule has 0 bridgehead atoms. The summed E-state index contributed by atoms with van der Waals surface area (Å²) in [5.74, 6) is 1.94. The van der Waals surface area contributed by atoms with Crippen LogP contribution in [-0.4, -0.2) is 61.8 Å². The highest BCUT2D eigenvalue weighted by Gasteiger charge is 2.85. The van der Waals surface area contributed by atoms with E-state index < -0.39 is 37.2 Å². The van der Waals surface area contributed by atoms with Crippen LogP contribution in [0.3, 0.4) is 0 Å². The van der Waals surface area contributed by atoms with Gasteiger partial charge in [-0.1, -0.05) is 19.4 Å². The second kappa shape index (κ2) is 13.6. The van der Waals surface area contributed by atoms with Gasteiger partial charge in [0.15, 0.2) is 0 Å². The van der Waals surface area contributed by atoms with Crippen LogP contribution < -0.4 is 4.74 Å². The molecule has 1 aromatic rings. The molecule has 2 fully saturated rings. The maximum Gasteiger partial charge on any atom is 0.435 e. The largest absolute Gasteiger partial charge is 0.494 e. The zero-order valence-electron chi connectivity index (χ0n) is 24.7. The van der Waals surface area contributed by atoms with Gasteiger partial charge in [0, 0.05) is 13.2 Å². The molecule has 0 saturated heterocycles. The minimum atomic E-state index is -6.73. The highest BCUT2D eigenvalue weighted by atomic mass is 19.4. The molecule has 252 valence electrons. The SMILES string of the molecule is C[C@]12CC[C@@H]3c4ccc(OCCCCCCO)cc4CC[C@H]3[C@@H]1CC[C@@H]2OCCCOC(C(F)(F)F)(C(F)(F)F)C(F)(F)F. The van der Waals surface area contributed by atoms with Crippen LogP contribution in [-0.2, 0) is 15.9 Å². The molecule has 3 aliphatic carbocycles. The van der Waals surface area contributed by atoms with Crippen LogP contribution in [0, 0.1) is 17.3 Å². The number of halogens is 9. The molecular weight excluding hydrogens is 607 g/mol. The van der Waals surface area contributed by atoms with Gasteiger partial charge in [0.05, 0.1) is 19.3 Å². The Morgan fingerprint density at radius 2 is 1.48 bits per heavy atom. The normalized spacial score (nSPS) is 27.5. The Balaban J connectivity index is 1.31. The molecule has 0 radical (unpaired) electrons. The van der Waals surface area contributed by atoms with Crippen LogP contribution in [0.25, 0.3) is 0 Å². The number of fused-ring (bicyclic) bond motifs is 5. The van der Waals surface area contributed by atoms with Crippen LogP contribution in [0.2, 0.25) is 0 Å². The number of aryl methyl sites for hydroxylation is 1. The molecule has 0 heterocycles. The molecule has 0 unspecified atom stereocenters. The van der Waals surface area contributed by atoms with Crippen LogP contribution in [0.1, 0.15) is 88.2 Å². The fourth-order valence-corrected chi connectivity index (χ4v) is 7.87. The lowest BCUT2D eigenvalue weighted by Crippen LogP contribution is -2.67. The van der Waals surface area contributed by atoms with Gasteiger partial charge in [-0.05, 0) is 111 Å². The Labute approximate surface area is 251 Å². The number of ether oxygens (including phenoxy) is 3. The third-order valence-electron chi connectivity index (χ3n) is 10.1. The Kier molecular flexibility index (Phi) is 10.8. The predicted molar refractivity (Wildman–Crippen MR) is 143 cm³/mol. The van der Waals surface area contributed by atoms with Gasteiger partial charge in [0.2, 0.25) is 0 Å². The highest BCUT2D eigenvalue weighted by molar-refractivity contribution is 5.40. The number of alkyl halides is 9. The summed E-state index contributed by atoms with van der Waals surface area (Å²) >= 11 is 0. The third kappa shape index (κ3) is 6.84. The number of rotatable bonds is 13. The summed E-state index contributed by atoms with van der Waals surface area (Å²) in [6, 6.07) is 6.29. The van der Waals surface area contributed by atoms with Crippen molar-refractivity contribution < 1.29 is 58.8 Å². The number of hydrogen-bond donors (Lipinski definition) is 1. The first-order chi connectivity index (χ1) is 20.6. The molecule has 44 heavy (non-hydrogen) atoms. The topological polar surface area (TPSA) is 47.9 Å². The maximum absolute atomic E-state index is 13.1. The first-order valence-corrected chi connectivity index (χ1v) is 15.4. The van der Waals surface area contributed by atoms with E-state index in [1.165, 1.54) is 11.1 Å². The highest BCUT2D eigenvalue weighted by Crippen LogP contribution is 2.62. The number of unbranched alkanes of at least 4 members (excludes halogenated alkanes) is 3. The molecule has 1 N–H and O–H groups in total. The molecule has 0 amide bonds. The van der Waals surface area contributed by atoms with Crippen LogP contribution in [0.5, 0.6) is 5.75 Å². The van der Waals surface area contributed by atoms with Crippen molar-refractivity contribution in [3.63, 3.8) is 0 Å². The average molecular weight is 649 g/mol. The lowest BCUT2D eigenvalue weighted by Gasteiger charge is -2.50. The summed E-state index contributed by atoms with van der Waals surface area (Å²) in [5, 5.41) is 8.88. The van der Waals surface area contributed by atoms with E-state index in [0.29, 0.717) is 30.8 Å². The Morgan fingerprint density at radius 3 is 2.14 bits per heavy atom. The maximum atomic E-state index is 13.1. The van der Waals surface area contributed by atoms with Gasteiger partial charge in [-0.2, -0.15) is 39.5 Å². The second-order valence-corrected chi connectivity index (χ2v) is 12.6. The van der Waals surface area contributed by atoms with Crippen molar-refractivity contribution in [3.8, 4) is 5.75 Å². The fourth-order valence-electron chi connectivity index (χ4n) is 7.87. The summed E-state index contributed by atoms with van der Waals surface area (Å²) in [6.45, 7) is 1.21. The van der Waals surface area contributed by atoms with Crippen LogP contribution in [0.4, 0.5) is 39.5 Å². The van der Waals surface area contributed by atoms with Crippen molar-refractivity contribution in [3.05, 3.63) is 29.3 Å². The molecule has 0 aliphatic heterocycles. The van der Waals surface area contributed by atoms with Gasteiger partial charge in [-0.25, -0.2) is 0 Å². The molecule has 0 spiro atoms. The van der Waals surface area contributed by atoms with E-state index in [-0.39, 0.29) is 24.7 Å². The van der Waals surface area contributed by atoms with Crippen molar-refractivity contribution in [2.75, 3.05) is 26.4 Å². The number of benzene rings is 1. The Hall–Kier alpha value is -1.73. The lowest BCUT2D eigenvalue weighted by molar-refractivity contribution is -0.457. The zero-order valence-corrected chi connectivity index (χ0v) is 24.7. The Morgan fingerprint density at radius 1 is 0.795 bits per heavy atom. The summed E-state index contributed by atoms with van der Waals surface area (Å²) < 4.78 is 133. The van der Waals surface area contributed by atoms with Gasteiger partial charge in [-0.3, -0.25) is 0 Å². The van der Waals surface area contributed by atoms with E-state index in [2.05, 4.69) is 23.8 Å². The lowest BCUT2D eigenvalue weighted by atomic mass is 9.55. The van der Waals surface area contributed by atoms with Crippen LogP contribution in [0.15, 0.2) is 18.2 Å². The van der Waals surface area contributed by atoms with Gasteiger partial charge in [0.1, 0.15) is 5.75 Å². The second-order valence-electron chi connectivity index (χ2n) is 12.6. The molecule has 13 heteroatoms. The van der Waals surface area contributed by atoms with E-state index in [1.807, 2.05) is 6.07 Å². The quantitative estimate of drug-likeness (QED) is 0.172. The average Bonchev–Trinajstić information content (AvgIpc) is 3.26. The van der Waals surface area contributed by atoms with Gasteiger partial charge in [-0.15, -0.1) is 0 Å². The molecule has 3 aliphatic rings. The monoisotopic (exact) mass is 648 g/mol. The number of aliphatic hydroxyl groups excluding tert-OH is 1. The van der Waals surface area contributed by atoms with Crippen molar-refractivity contribution in [1.29, 1.82) is 0 Å². The third-order valence-corrected chi connectivity index (χ3v) is 10.1. The summed E-state index contributed by atoms with van der Waals surface area (Å²) in [4.78, 5) is 0. The van der Waals surface area contributed by atoms with E-state index in [0.717, 1.165) is 63.5 Å². The van der Waals surface area contributed by atoms with Crippen molar-refractivity contribution in [2.45, 2.75) is 114 Å². The fraction of sp³-hybridized carbons (Fsp3) is 0.806. The molecule has 4 nitrogen and oxygen atoms in total. The molecule has 5 atom stereocenters. The molecular formula is C31H41F9O4. The van der Waals surface area contributed by atoms with E-state index in [1.54, 1.807) is 0 Å². The molecule has 1 aromatic carbocycles.